The summed E-state index contributed by atoms with van der Waals surface area (Å²) in [6.45, 7) is 0.408. The molecule has 21 heavy (non-hydrogen) atoms. The summed E-state index contributed by atoms with van der Waals surface area (Å²) in [6.07, 6.45) is 0. The number of benzene rings is 2. The maximum atomic E-state index is 12.4. The normalized spacial score (nSPS) is 10.3. The number of halogens is 2. The van der Waals surface area contributed by atoms with Gasteiger partial charge in [0, 0.05) is 34.8 Å². The Bertz CT molecular complexity index is 641. The van der Waals surface area contributed by atoms with Gasteiger partial charge in [0.15, 0.2) is 0 Å². The van der Waals surface area contributed by atoms with Crippen LogP contribution in [-0.4, -0.2) is 25.0 Å². The summed E-state index contributed by atoms with van der Waals surface area (Å²) in [5.74, 6) is 0.615. The molecule has 0 aliphatic heterocycles. The fourth-order valence-electron chi connectivity index (χ4n) is 2.01. The van der Waals surface area contributed by atoms with Gasteiger partial charge < -0.3 is 9.64 Å². The monoisotopic (exact) mass is 323 g/mol. The van der Waals surface area contributed by atoms with Gasteiger partial charge in [-0.3, -0.25) is 4.79 Å². The number of carbonyl (C=O) groups is 1. The van der Waals surface area contributed by atoms with E-state index < -0.39 is 0 Å². The quantitative estimate of drug-likeness (QED) is 0.840. The van der Waals surface area contributed by atoms with E-state index in [4.69, 9.17) is 27.9 Å². The molecule has 0 bridgehead atoms. The second-order valence-electron chi connectivity index (χ2n) is 4.62. The molecule has 0 aliphatic rings. The Morgan fingerprint density at radius 1 is 1.10 bits per heavy atom. The van der Waals surface area contributed by atoms with Crippen LogP contribution in [0.15, 0.2) is 42.5 Å². The summed E-state index contributed by atoms with van der Waals surface area (Å²) in [5.41, 5.74) is 1.44. The molecule has 0 spiro atoms. The van der Waals surface area contributed by atoms with Gasteiger partial charge in [0.05, 0.1) is 7.11 Å². The lowest BCUT2D eigenvalue weighted by Crippen LogP contribution is -2.26. The van der Waals surface area contributed by atoms with Crippen LogP contribution < -0.4 is 4.74 Å². The third-order valence-electron chi connectivity index (χ3n) is 3.09. The fraction of sp³-hybridized carbons (Fsp3) is 0.188. The van der Waals surface area contributed by atoms with Gasteiger partial charge in [-0.15, -0.1) is 0 Å². The standard InChI is InChI=1S/C16H15Cl2NO2/c1-19(16(20)11-3-5-13(17)6-4-11)10-12-9-14(18)7-8-15(12)21-2/h3-9H,10H2,1-2H3. The van der Waals surface area contributed by atoms with Crippen molar-refractivity contribution >= 4 is 29.1 Å². The van der Waals surface area contributed by atoms with Gasteiger partial charge in [-0.25, -0.2) is 0 Å². The first kappa shape index (κ1) is 15.7. The molecule has 0 saturated heterocycles. The molecule has 3 nitrogen and oxygen atoms in total. The molecule has 0 unspecified atom stereocenters. The molecular weight excluding hydrogens is 309 g/mol. The van der Waals surface area contributed by atoms with Crippen molar-refractivity contribution < 1.29 is 9.53 Å². The van der Waals surface area contributed by atoms with Crippen LogP contribution in [0.1, 0.15) is 15.9 Å². The van der Waals surface area contributed by atoms with Crippen molar-refractivity contribution in [3.8, 4) is 5.75 Å². The third-order valence-corrected chi connectivity index (χ3v) is 3.57. The molecule has 0 fully saturated rings. The van der Waals surface area contributed by atoms with Crippen molar-refractivity contribution in [2.75, 3.05) is 14.2 Å². The highest BCUT2D eigenvalue weighted by atomic mass is 35.5. The predicted octanol–water partition coefficient (Wildman–Crippen LogP) is 4.27. The van der Waals surface area contributed by atoms with E-state index in [1.807, 2.05) is 0 Å². The molecule has 0 N–H and O–H groups in total. The van der Waals surface area contributed by atoms with E-state index in [-0.39, 0.29) is 5.91 Å². The molecule has 5 heteroatoms. The predicted molar refractivity (Wildman–Crippen MR) is 85.3 cm³/mol. The molecule has 0 atom stereocenters. The maximum absolute atomic E-state index is 12.4. The molecule has 2 aromatic carbocycles. The lowest BCUT2D eigenvalue weighted by molar-refractivity contribution is 0.0784. The first-order valence-corrected chi connectivity index (χ1v) is 7.10. The van der Waals surface area contributed by atoms with E-state index in [1.165, 1.54) is 0 Å². The Morgan fingerprint density at radius 3 is 2.33 bits per heavy atom. The number of hydrogen-bond acceptors (Lipinski definition) is 2. The second kappa shape index (κ2) is 6.83. The molecule has 0 aromatic heterocycles. The molecular formula is C16H15Cl2NO2. The van der Waals surface area contributed by atoms with Crippen LogP contribution in [0.2, 0.25) is 10.0 Å². The van der Waals surface area contributed by atoms with Crippen LogP contribution in [0, 0.1) is 0 Å². The minimum atomic E-state index is -0.0892. The van der Waals surface area contributed by atoms with Gasteiger partial charge in [-0.1, -0.05) is 23.2 Å². The molecule has 0 aliphatic carbocycles. The second-order valence-corrected chi connectivity index (χ2v) is 5.50. The van der Waals surface area contributed by atoms with E-state index in [2.05, 4.69) is 0 Å². The van der Waals surface area contributed by atoms with Gasteiger partial charge in [-0.05, 0) is 42.5 Å². The number of carbonyl (C=O) groups excluding carboxylic acids is 1. The highest BCUT2D eigenvalue weighted by Crippen LogP contribution is 2.24. The zero-order valence-electron chi connectivity index (χ0n) is 11.8. The molecule has 0 radical (unpaired) electrons. The Kier molecular flexibility index (Phi) is 5.10. The number of hydrogen-bond donors (Lipinski definition) is 0. The van der Waals surface area contributed by atoms with Crippen molar-refractivity contribution in [1.82, 2.24) is 4.90 Å². The van der Waals surface area contributed by atoms with Gasteiger partial charge in [0.2, 0.25) is 0 Å². The summed E-state index contributed by atoms with van der Waals surface area (Å²) >= 11 is 11.8. The van der Waals surface area contributed by atoms with Crippen molar-refractivity contribution in [2.45, 2.75) is 6.54 Å². The summed E-state index contributed by atoms with van der Waals surface area (Å²) in [5, 5.41) is 1.21. The average molecular weight is 324 g/mol. The molecule has 2 rings (SSSR count). The molecule has 110 valence electrons. The lowest BCUT2D eigenvalue weighted by Gasteiger charge is -2.19. The van der Waals surface area contributed by atoms with Crippen LogP contribution in [0.25, 0.3) is 0 Å². The van der Waals surface area contributed by atoms with E-state index >= 15 is 0 Å². The van der Waals surface area contributed by atoms with Gasteiger partial charge in [0.25, 0.3) is 5.91 Å². The third kappa shape index (κ3) is 3.90. The highest BCUT2D eigenvalue weighted by Gasteiger charge is 2.14. The fourth-order valence-corrected chi connectivity index (χ4v) is 2.33. The minimum absolute atomic E-state index is 0.0892. The van der Waals surface area contributed by atoms with Gasteiger partial charge >= 0.3 is 0 Å². The summed E-state index contributed by atoms with van der Waals surface area (Å²) in [4.78, 5) is 14.0. The first-order chi connectivity index (χ1) is 10.0. The van der Waals surface area contributed by atoms with Crippen molar-refractivity contribution in [1.29, 1.82) is 0 Å². The minimum Gasteiger partial charge on any atom is -0.496 e. The van der Waals surface area contributed by atoms with E-state index in [1.54, 1.807) is 61.5 Å². The van der Waals surface area contributed by atoms with E-state index in [0.29, 0.717) is 27.9 Å². The topological polar surface area (TPSA) is 29.5 Å². The number of methoxy groups -OCH3 is 1. The van der Waals surface area contributed by atoms with E-state index in [0.717, 1.165) is 5.56 Å². The van der Waals surface area contributed by atoms with Crippen molar-refractivity contribution in [3.63, 3.8) is 0 Å². The number of amides is 1. The maximum Gasteiger partial charge on any atom is 0.253 e. The van der Waals surface area contributed by atoms with Crippen LogP contribution in [-0.2, 0) is 6.54 Å². The van der Waals surface area contributed by atoms with Crippen LogP contribution in [0.5, 0.6) is 5.75 Å². The van der Waals surface area contributed by atoms with Gasteiger partial charge in [-0.2, -0.15) is 0 Å². The largest absolute Gasteiger partial charge is 0.496 e. The molecule has 1 amide bonds. The van der Waals surface area contributed by atoms with Crippen LogP contribution in [0.3, 0.4) is 0 Å². The zero-order valence-corrected chi connectivity index (χ0v) is 13.3. The van der Waals surface area contributed by atoms with Gasteiger partial charge in [0.1, 0.15) is 5.75 Å². The summed E-state index contributed by atoms with van der Waals surface area (Å²) in [7, 11) is 3.32. The summed E-state index contributed by atoms with van der Waals surface area (Å²) in [6, 6.07) is 12.1. The Labute approximate surface area is 134 Å². The summed E-state index contributed by atoms with van der Waals surface area (Å²) < 4.78 is 5.29. The SMILES string of the molecule is COc1ccc(Cl)cc1CN(C)C(=O)c1ccc(Cl)cc1. The van der Waals surface area contributed by atoms with E-state index in [9.17, 15) is 4.79 Å². The Hall–Kier alpha value is -1.71. The van der Waals surface area contributed by atoms with Crippen molar-refractivity contribution in [3.05, 3.63) is 63.6 Å². The average Bonchev–Trinajstić information content (AvgIpc) is 2.47. The smallest absolute Gasteiger partial charge is 0.253 e. The molecule has 0 heterocycles. The Morgan fingerprint density at radius 2 is 1.71 bits per heavy atom. The molecule has 0 saturated carbocycles. The van der Waals surface area contributed by atoms with Crippen molar-refractivity contribution in [2.24, 2.45) is 0 Å². The first-order valence-electron chi connectivity index (χ1n) is 6.34. The Balaban J connectivity index is 2.17. The van der Waals surface area contributed by atoms with Crippen LogP contribution in [0.4, 0.5) is 0 Å². The lowest BCUT2D eigenvalue weighted by atomic mass is 10.1. The number of rotatable bonds is 4. The highest BCUT2D eigenvalue weighted by molar-refractivity contribution is 6.31. The van der Waals surface area contributed by atoms with Crippen LogP contribution >= 0.6 is 23.2 Å². The number of nitrogens with zero attached hydrogens (tertiary/aromatic N) is 1. The zero-order chi connectivity index (χ0) is 15.4. The molecule has 2 aromatic rings. The number of ether oxygens (including phenoxy) is 1.